The number of hydrogen-bond donors (Lipinski definition) is 2. The molecule has 1 heterocycles. The molecule has 0 bridgehead atoms. The number of halogens is 1. The molecule has 0 fully saturated rings. The van der Waals surface area contributed by atoms with Gasteiger partial charge in [0.1, 0.15) is 5.82 Å². The van der Waals surface area contributed by atoms with Gasteiger partial charge < -0.3 is 15.4 Å². The summed E-state index contributed by atoms with van der Waals surface area (Å²) < 4.78 is 18.9. The first-order valence-corrected chi connectivity index (χ1v) is 7.48. The van der Waals surface area contributed by atoms with Gasteiger partial charge in [0.25, 0.3) is 0 Å². The predicted octanol–water partition coefficient (Wildman–Crippen LogP) is 2.48. The molecule has 122 valence electrons. The molecule has 0 saturated heterocycles. The Morgan fingerprint density at radius 2 is 1.96 bits per heavy atom. The van der Waals surface area contributed by atoms with Crippen LogP contribution < -0.4 is 15.4 Å². The number of ether oxygens (including phenoxy) is 1. The lowest BCUT2D eigenvalue weighted by atomic mass is 10.2. The SMILES string of the molecule is CCNC(=NCc1cccnc1OC)NCc1ccccc1F. The Labute approximate surface area is 135 Å². The van der Waals surface area contributed by atoms with Crippen molar-refractivity contribution in [2.45, 2.75) is 20.0 Å². The van der Waals surface area contributed by atoms with Crippen molar-refractivity contribution >= 4 is 5.96 Å². The lowest BCUT2D eigenvalue weighted by Gasteiger charge is -2.12. The van der Waals surface area contributed by atoms with Crippen LogP contribution in [0, 0.1) is 5.82 Å². The van der Waals surface area contributed by atoms with Gasteiger partial charge in [0.15, 0.2) is 5.96 Å². The normalized spacial score (nSPS) is 11.2. The molecule has 2 rings (SSSR count). The summed E-state index contributed by atoms with van der Waals surface area (Å²) in [6.07, 6.45) is 1.67. The van der Waals surface area contributed by atoms with Crippen molar-refractivity contribution in [3.8, 4) is 5.88 Å². The van der Waals surface area contributed by atoms with Crippen molar-refractivity contribution in [3.05, 3.63) is 59.5 Å². The fraction of sp³-hybridized carbons (Fsp3) is 0.294. The molecule has 0 aliphatic heterocycles. The van der Waals surface area contributed by atoms with Crippen LogP contribution in [0.1, 0.15) is 18.1 Å². The zero-order chi connectivity index (χ0) is 16.5. The standard InChI is InChI=1S/C17H21FN4O/c1-3-19-17(21-11-13-7-4-5-9-15(13)18)22-12-14-8-6-10-20-16(14)23-2/h4-10H,3,11-12H2,1-2H3,(H2,19,21,22). The van der Waals surface area contributed by atoms with Gasteiger partial charge in [0, 0.05) is 30.4 Å². The number of aliphatic imine (C=N–C) groups is 1. The van der Waals surface area contributed by atoms with E-state index < -0.39 is 0 Å². The number of methoxy groups -OCH3 is 1. The highest BCUT2D eigenvalue weighted by atomic mass is 19.1. The predicted molar refractivity (Wildman–Crippen MR) is 88.8 cm³/mol. The lowest BCUT2D eigenvalue weighted by Crippen LogP contribution is -2.37. The van der Waals surface area contributed by atoms with E-state index in [4.69, 9.17) is 4.74 Å². The van der Waals surface area contributed by atoms with E-state index in [1.165, 1.54) is 6.07 Å². The molecule has 2 N–H and O–H groups in total. The van der Waals surface area contributed by atoms with Gasteiger partial charge in [0.2, 0.25) is 5.88 Å². The molecule has 0 spiro atoms. The molecule has 0 aliphatic carbocycles. The number of nitrogens with zero attached hydrogens (tertiary/aromatic N) is 2. The van der Waals surface area contributed by atoms with Crippen molar-refractivity contribution in [3.63, 3.8) is 0 Å². The molecule has 0 saturated carbocycles. The van der Waals surface area contributed by atoms with E-state index in [-0.39, 0.29) is 5.82 Å². The van der Waals surface area contributed by atoms with E-state index in [9.17, 15) is 4.39 Å². The Morgan fingerprint density at radius 3 is 2.70 bits per heavy atom. The van der Waals surface area contributed by atoms with E-state index in [1.807, 2.05) is 25.1 Å². The van der Waals surface area contributed by atoms with Gasteiger partial charge in [-0.25, -0.2) is 14.4 Å². The largest absolute Gasteiger partial charge is 0.481 e. The van der Waals surface area contributed by atoms with Crippen LogP contribution in [0.25, 0.3) is 0 Å². The first kappa shape index (κ1) is 16.7. The number of guanidine groups is 1. The molecule has 6 heteroatoms. The molecule has 1 aromatic carbocycles. The van der Waals surface area contributed by atoms with Crippen molar-refractivity contribution in [2.24, 2.45) is 4.99 Å². The summed E-state index contributed by atoms with van der Waals surface area (Å²) >= 11 is 0. The minimum absolute atomic E-state index is 0.232. The maximum atomic E-state index is 13.7. The third-order valence-corrected chi connectivity index (χ3v) is 3.20. The second-order valence-electron chi connectivity index (χ2n) is 4.81. The minimum Gasteiger partial charge on any atom is -0.481 e. The second-order valence-corrected chi connectivity index (χ2v) is 4.81. The highest BCUT2D eigenvalue weighted by molar-refractivity contribution is 5.79. The van der Waals surface area contributed by atoms with Crippen molar-refractivity contribution in [1.29, 1.82) is 0 Å². The van der Waals surface area contributed by atoms with Crippen molar-refractivity contribution in [1.82, 2.24) is 15.6 Å². The van der Waals surface area contributed by atoms with Gasteiger partial charge in [-0.1, -0.05) is 24.3 Å². The summed E-state index contributed by atoms with van der Waals surface area (Å²) in [5, 5.41) is 6.26. The summed E-state index contributed by atoms with van der Waals surface area (Å²) in [5.41, 5.74) is 1.48. The van der Waals surface area contributed by atoms with Crippen LogP contribution in [-0.2, 0) is 13.1 Å². The third-order valence-electron chi connectivity index (χ3n) is 3.20. The maximum absolute atomic E-state index is 13.7. The fourth-order valence-corrected chi connectivity index (χ4v) is 2.05. The molecule has 1 aromatic heterocycles. The number of benzene rings is 1. The number of aromatic nitrogens is 1. The van der Waals surface area contributed by atoms with Crippen molar-refractivity contribution in [2.75, 3.05) is 13.7 Å². The topological polar surface area (TPSA) is 58.5 Å². The van der Waals surface area contributed by atoms with Crippen LogP contribution in [0.5, 0.6) is 5.88 Å². The van der Waals surface area contributed by atoms with Crippen LogP contribution in [-0.4, -0.2) is 24.6 Å². The lowest BCUT2D eigenvalue weighted by molar-refractivity contribution is 0.392. The summed E-state index contributed by atoms with van der Waals surface area (Å²) in [6, 6.07) is 10.4. The molecule has 2 aromatic rings. The molecule has 0 radical (unpaired) electrons. The zero-order valence-electron chi connectivity index (χ0n) is 13.3. The summed E-state index contributed by atoms with van der Waals surface area (Å²) in [5.74, 6) is 0.938. The maximum Gasteiger partial charge on any atom is 0.218 e. The zero-order valence-corrected chi connectivity index (χ0v) is 13.3. The van der Waals surface area contributed by atoms with Crippen LogP contribution in [0.2, 0.25) is 0 Å². The van der Waals surface area contributed by atoms with Gasteiger partial charge in [-0.05, 0) is 19.1 Å². The van der Waals surface area contributed by atoms with E-state index in [1.54, 1.807) is 25.4 Å². The van der Waals surface area contributed by atoms with Gasteiger partial charge >= 0.3 is 0 Å². The summed E-state index contributed by atoms with van der Waals surface area (Å²) in [4.78, 5) is 8.63. The smallest absolute Gasteiger partial charge is 0.218 e. The van der Waals surface area contributed by atoms with Gasteiger partial charge in [-0.15, -0.1) is 0 Å². The minimum atomic E-state index is -0.232. The highest BCUT2D eigenvalue weighted by Crippen LogP contribution is 2.14. The van der Waals surface area contributed by atoms with E-state index in [0.29, 0.717) is 37.0 Å². The van der Waals surface area contributed by atoms with Crippen LogP contribution >= 0.6 is 0 Å². The van der Waals surface area contributed by atoms with Crippen LogP contribution in [0.3, 0.4) is 0 Å². The second kappa shape index (κ2) is 8.73. The quantitative estimate of drug-likeness (QED) is 0.635. The monoisotopic (exact) mass is 316 g/mol. The fourth-order valence-electron chi connectivity index (χ4n) is 2.05. The highest BCUT2D eigenvalue weighted by Gasteiger charge is 2.05. The van der Waals surface area contributed by atoms with Gasteiger partial charge in [-0.3, -0.25) is 0 Å². The first-order valence-electron chi connectivity index (χ1n) is 7.48. The molecule has 0 atom stereocenters. The third kappa shape index (κ3) is 4.95. The Kier molecular flexibility index (Phi) is 6.35. The molecule has 0 aliphatic rings. The molecular formula is C17H21FN4O. The van der Waals surface area contributed by atoms with E-state index >= 15 is 0 Å². The molecule has 5 nitrogen and oxygen atoms in total. The van der Waals surface area contributed by atoms with Crippen molar-refractivity contribution < 1.29 is 9.13 Å². The van der Waals surface area contributed by atoms with Crippen LogP contribution in [0.4, 0.5) is 4.39 Å². The average molecular weight is 316 g/mol. The molecular weight excluding hydrogens is 295 g/mol. The van der Waals surface area contributed by atoms with E-state index in [2.05, 4.69) is 20.6 Å². The first-order chi connectivity index (χ1) is 11.2. The van der Waals surface area contributed by atoms with E-state index in [0.717, 1.165) is 5.56 Å². The number of hydrogen-bond acceptors (Lipinski definition) is 3. The molecule has 23 heavy (non-hydrogen) atoms. The van der Waals surface area contributed by atoms with Crippen LogP contribution in [0.15, 0.2) is 47.6 Å². The van der Waals surface area contributed by atoms with Gasteiger partial charge in [-0.2, -0.15) is 0 Å². The average Bonchev–Trinajstić information content (AvgIpc) is 2.59. The number of nitrogens with one attached hydrogen (secondary N) is 2. The Balaban J connectivity index is 2.04. The molecule has 0 unspecified atom stereocenters. The number of rotatable bonds is 6. The molecule has 0 amide bonds. The number of pyridine rings is 1. The summed E-state index contributed by atoms with van der Waals surface area (Å²) in [6.45, 7) is 3.48. The van der Waals surface area contributed by atoms with Gasteiger partial charge in [0.05, 0.1) is 13.7 Å². The Hall–Kier alpha value is -2.63. The Bertz CT molecular complexity index is 661. The summed E-state index contributed by atoms with van der Waals surface area (Å²) in [7, 11) is 1.58. The Morgan fingerprint density at radius 1 is 1.17 bits per heavy atom.